The van der Waals surface area contributed by atoms with Crippen molar-refractivity contribution in [3.05, 3.63) is 77.1 Å². The molecular formula is C23H25NO4. The summed E-state index contributed by atoms with van der Waals surface area (Å²) in [5.41, 5.74) is 3.84. The highest BCUT2D eigenvalue weighted by molar-refractivity contribution is 5.98. The van der Waals surface area contributed by atoms with Gasteiger partial charge in [0.2, 0.25) is 11.5 Å². The van der Waals surface area contributed by atoms with E-state index in [4.69, 9.17) is 14.2 Å². The Balaban J connectivity index is 1.78. The van der Waals surface area contributed by atoms with Crippen LogP contribution in [0.4, 0.5) is 0 Å². The van der Waals surface area contributed by atoms with Gasteiger partial charge in [-0.05, 0) is 37.6 Å². The molecule has 3 aromatic rings. The highest BCUT2D eigenvalue weighted by atomic mass is 16.5. The molecule has 0 saturated carbocycles. The van der Waals surface area contributed by atoms with Gasteiger partial charge in [0.1, 0.15) is 0 Å². The predicted octanol–water partition coefficient (Wildman–Crippen LogP) is 4.43. The molecule has 5 nitrogen and oxygen atoms in total. The van der Waals surface area contributed by atoms with E-state index in [1.54, 1.807) is 26.4 Å². The number of benzene rings is 2. The average molecular weight is 379 g/mol. The number of para-hydroxylation sites is 1. The molecule has 0 N–H and O–H groups in total. The van der Waals surface area contributed by atoms with Gasteiger partial charge in [0.25, 0.3) is 0 Å². The minimum atomic E-state index is -0.0909. The lowest BCUT2D eigenvalue weighted by Crippen LogP contribution is -2.14. The molecule has 146 valence electrons. The molecule has 0 amide bonds. The largest absolute Gasteiger partial charge is 0.493 e. The molecule has 0 aliphatic heterocycles. The second kappa shape index (κ2) is 8.65. The zero-order valence-corrected chi connectivity index (χ0v) is 16.7. The maximum absolute atomic E-state index is 12.8. The number of rotatable bonds is 8. The van der Waals surface area contributed by atoms with Gasteiger partial charge in [0, 0.05) is 23.5 Å². The second-order valence-electron chi connectivity index (χ2n) is 6.56. The Labute approximate surface area is 165 Å². The molecule has 1 heterocycles. The van der Waals surface area contributed by atoms with E-state index in [1.165, 1.54) is 5.56 Å². The van der Waals surface area contributed by atoms with Crippen molar-refractivity contribution in [1.29, 1.82) is 0 Å². The van der Waals surface area contributed by atoms with Gasteiger partial charge in [-0.3, -0.25) is 4.79 Å². The summed E-state index contributed by atoms with van der Waals surface area (Å²) >= 11 is 0. The number of aryl methyl sites for hydroxylation is 1. The minimum Gasteiger partial charge on any atom is -0.493 e. The van der Waals surface area contributed by atoms with Gasteiger partial charge in [-0.15, -0.1) is 0 Å². The number of ether oxygens (including phenoxy) is 3. The predicted molar refractivity (Wildman–Crippen MR) is 109 cm³/mol. The van der Waals surface area contributed by atoms with E-state index >= 15 is 0 Å². The maximum Gasteiger partial charge on any atom is 0.203 e. The molecule has 0 spiro atoms. The molecule has 3 rings (SSSR count). The maximum atomic E-state index is 12.8. The Kier molecular flexibility index (Phi) is 6.04. The van der Waals surface area contributed by atoms with Crippen molar-refractivity contribution in [3.63, 3.8) is 0 Å². The summed E-state index contributed by atoms with van der Waals surface area (Å²) in [4.78, 5) is 12.8. The van der Waals surface area contributed by atoms with Gasteiger partial charge in [-0.1, -0.05) is 36.4 Å². The monoisotopic (exact) mass is 379 g/mol. The van der Waals surface area contributed by atoms with Gasteiger partial charge in [-0.2, -0.15) is 0 Å². The van der Waals surface area contributed by atoms with Crippen LogP contribution in [0.2, 0.25) is 0 Å². The quantitative estimate of drug-likeness (QED) is 0.543. The van der Waals surface area contributed by atoms with Crippen LogP contribution in [-0.2, 0) is 6.54 Å². The summed E-state index contributed by atoms with van der Waals surface area (Å²) in [5, 5.41) is 0. The lowest BCUT2D eigenvalue weighted by Gasteiger charge is -2.14. The van der Waals surface area contributed by atoms with Crippen LogP contribution < -0.4 is 14.2 Å². The second-order valence-corrected chi connectivity index (χ2v) is 6.56. The lowest BCUT2D eigenvalue weighted by atomic mass is 10.1. The number of ketones is 1. The normalized spacial score (nSPS) is 10.6. The van der Waals surface area contributed by atoms with Crippen molar-refractivity contribution in [1.82, 2.24) is 4.57 Å². The fourth-order valence-electron chi connectivity index (χ4n) is 3.27. The summed E-state index contributed by atoms with van der Waals surface area (Å²) in [6.45, 7) is 4.61. The van der Waals surface area contributed by atoms with E-state index < -0.39 is 0 Å². The first kappa shape index (κ1) is 19.5. The molecule has 5 heteroatoms. The van der Waals surface area contributed by atoms with E-state index in [9.17, 15) is 4.79 Å². The lowest BCUT2D eigenvalue weighted by molar-refractivity contribution is 0.0916. The topological polar surface area (TPSA) is 49.7 Å². The number of aromatic nitrogens is 1. The molecule has 0 radical (unpaired) electrons. The Bertz CT molecular complexity index is 938. The molecule has 0 unspecified atom stereocenters. The third kappa shape index (κ3) is 4.03. The van der Waals surface area contributed by atoms with Crippen molar-refractivity contribution < 1.29 is 19.0 Å². The summed E-state index contributed by atoms with van der Waals surface area (Å²) in [6, 6.07) is 17.5. The number of carbonyl (C=O) groups is 1. The van der Waals surface area contributed by atoms with Crippen molar-refractivity contribution in [2.24, 2.45) is 0 Å². The minimum absolute atomic E-state index is 0.0830. The fraction of sp³-hybridized carbons (Fsp3) is 0.261. The summed E-state index contributed by atoms with van der Waals surface area (Å²) in [6.07, 6.45) is 0. The molecular weight excluding hydrogens is 354 g/mol. The third-order valence-corrected chi connectivity index (χ3v) is 4.79. The Morgan fingerprint density at radius 1 is 0.929 bits per heavy atom. The van der Waals surface area contributed by atoms with Gasteiger partial charge in [-0.25, -0.2) is 0 Å². The Morgan fingerprint density at radius 3 is 2.18 bits per heavy atom. The first-order valence-electron chi connectivity index (χ1n) is 9.12. The smallest absolute Gasteiger partial charge is 0.203 e. The van der Waals surface area contributed by atoms with E-state index in [0.717, 1.165) is 17.9 Å². The van der Waals surface area contributed by atoms with Crippen molar-refractivity contribution >= 4 is 5.78 Å². The first-order chi connectivity index (χ1) is 13.5. The number of carbonyl (C=O) groups excluding carboxylic acids is 1. The van der Waals surface area contributed by atoms with Gasteiger partial charge < -0.3 is 18.8 Å². The van der Waals surface area contributed by atoms with E-state index in [0.29, 0.717) is 22.8 Å². The SMILES string of the molecule is COc1cccc(OC)c1OCC(=O)c1cc(C)n(Cc2ccccc2)c1C. The molecule has 0 fully saturated rings. The molecule has 0 aliphatic carbocycles. The Hall–Kier alpha value is -3.21. The highest BCUT2D eigenvalue weighted by Gasteiger charge is 2.18. The molecule has 2 aromatic carbocycles. The van der Waals surface area contributed by atoms with Crippen LogP contribution in [0.5, 0.6) is 17.2 Å². The first-order valence-corrected chi connectivity index (χ1v) is 9.12. The molecule has 0 saturated heterocycles. The summed E-state index contributed by atoms with van der Waals surface area (Å²) < 4.78 is 18.6. The number of hydrogen-bond donors (Lipinski definition) is 0. The van der Waals surface area contributed by atoms with Crippen LogP contribution in [0.1, 0.15) is 27.3 Å². The molecule has 0 bridgehead atoms. The number of methoxy groups -OCH3 is 2. The Morgan fingerprint density at radius 2 is 1.57 bits per heavy atom. The number of hydrogen-bond acceptors (Lipinski definition) is 4. The van der Waals surface area contributed by atoms with Gasteiger partial charge >= 0.3 is 0 Å². The van der Waals surface area contributed by atoms with Gasteiger partial charge in [0.15, 0.2) is 18.1 Å². The van der Waals surface area contributed by atoms with Crippen LogP contribution in [0.15, 0.2) is 54.6 Å². The van der Waals surface area contributed by atoms with Crippen molar-refractivity contribution in [2.75, 3.05) is 20.8 Å². The van der Waals surface area contributed by atoms with Crippen molar-refractivity contribution in [3.8, 4) is 17.2 Å². The van der Waals surface area contributed by atoms with Crippen LogP contribution in [0, 0.1) is 13.8 Å². The highest BCUT2D eigenvalue weighted by Crippen LogP contribution is 2.36. The third-order valence-electron chi connectivity index (χ3n) is 4.79. The van der Waals surface area contributed by atoms with E-state index in [2.05, 4.69) is 16.7 Å². The zero-order valence-electron chi connectivity index (χ0n) is 16.7. The van der Waals surface area contributed by atoms with Crippen LogP contribution in [0.25, 0.3) is 0 Å². The average Bonchev–Trinajstić information content (AvgIpc) is 3.00. The summed E-state index contributed by atoms with van der Waals surface area (Å²) in [5.74, 6) is 1.41. The van der Waals surface area contributed by atoms with Crippen LogP contribution >= 0.6 is 0 Å². The van der Waals surface area contributed by atoms with Gasteiger partial charge in [0.05, 0.1) is 14.2 Å². The van der Waals surface area contributed by atoms with Crippen LogP contribution in [0.3, 0.4) is 0 Å². The summed E-state index contributed by atoms with van der Waals surface area (Å²) in [7, 11) is 3.11. The molecule has 1 aromatic heterocycles. The molecule has 0 atom stereocenters. The van der Waals surface area contributed by atoms with E-state index in [-0.39, 0.29) is 12.4 Å². The van der Waals surface area contributed by atoms with Crippen molar-refractivity contribution in [2.45, 2.75) is 20.4 Å². The number of nitrogens with zero attached hydrogens (tertiary/aromatic N) is 1. The fourth-order valence-corrected chi connectivity index (χ4v) is 3.27. The standard InChI is InChI=1S/C23H25NO4/c1-16-13-19(17(2)24(16)14-18-9-6-5-7-10-18)20(25)15-28-23-21(26-3)11-8-12-22(23)27-4/h5-13H,14-15H2,1-4H3. The van der Waals surface area contributed by atoms with Crippen LogP contribution in [-0.4, -0.2) is 31.2 Å². The number of Topliss-reactive ketones (excluding diaryl/α,β-unsaturated/α-hetero) is 1. The van der Waals surface area contributed by atoms with E-state index in [1.807, 2.05) is 44.2 Å². The molecule has 28 heavy (non-hydrogen) atoms. The zero-order chi connectivity index (χ0) is 20.1. The molecule has 0 aliphatic rings.